The van der Waals surface area contributed by atoms with Crippen molar-refractivity contribution in [2.45, 2.75) is 65.3 Å². The summed E-state index contributed by atoms with van der Waals surface area (Å²) in [5, 5.41) is 12.0. The van der Waals surface area contributed by atoms with E-state index in [1.807, 2.05) is 0 Å². The Hall–Kier alpha value is -0.900. The number of aryl methyl sites for hydroxylation is 1. The summed E-state index contributed by atoms with van der Waals surface area (Å²) < 4.78 is 5.85. The Kier molecular flexibility index (Phi) is 2.97. The SMILES string of the molecule is CC1(C)C(c2nnc(CCCNC3CC3)o2)C1(C)C. The average Bonchev–Trinajstić information content (AvgIpc) is 3.14. The predicted octanol–water partition coefficient (Wildman–Crippen LogP) is 2.90. The van der Waals surface area contributed by atoms with Gasteiger partial charge in [-0.25, -0.2) is 0 Å². The first-order valence-electron chi connectivity index (χ1n) is 7.48. The summed E-state index contributed by atoms with van der Waals surface area (Å²) in [6.45, 7) is 10.2. The molecule has 4 nitrogen and oxygen atoms in total. The van der Waals surface area contributed by atoms with Gasteiger partial charge in [0, 0.05) is 18.4 Å². The highest BCUT2D eigenvalue weighted by molar-refractivity contribution is 5.24. The highest BCUT2D eigenvalue weighted by atomic mass is 16.4. The van der Waals surface area contributed by atoms with Crippen LogP contribution in [0.5, 0.6) is 0 Å². The zero-order valence-electron chi connectivity index (χ0n) is 12.5. The van der Waals surface area contributed by atoms with E-state index in [2.05, 4.69) is 43.2 Å². The molecule has 0 radical (unpaired) electrons. The van der Waals surface area contributed by atoms with Crippen molar-refractivity contribution >= 4 is 0 Å². The summed E-state index contributed by atoms with van der Waals surface area (Å²) in [7, 11) is 0. The molecule has 0 atom stereocenters. The van der Waals surface area contributed by atoms with Crippen LogP contribution in [0.25, 0.3) is 0 Å². The fourth-order valence-electron chi connectivity index (χ4n) is 3.13. The molecule has 2 fully saturated rings. The quantitative estimate of drug-likeness (QED) is 0.802. The molecule has 4 heteroatoms. The van der Waals surface area contributed by atoms with Gasteiger partial charge in [-0.2, -0.15) is 0 Å². The number of rotatable bonds is 6. The molecule has 1 aromatic heterocycles. The lowest BCUT2D eigenvalue weighted by Gasteiger charge is -2.03. The van der Waals surface area contributed by atoms with Crippen LogP contribution in [0.3, 0.4) is 0 Å². The number of nitrogens with one attached hydrogen (secondary N) is 1. The molecule has 0 unspecified atom stereocenters. The first kappa shape index (κ1) is 13.1. The highest BCUT2D eigenvalue weighted by Gasteiger charge is 2.67. The molecular weight excluding hydrogens is 238 g/mol. The van der Waals surface area contributed by atoms with Crippen LogP contribution >= 0.6 is 0 Å². The molecule has 3 rings (SSSR count). The minimum Gasteiger partial charge on any atom is -0.425 e. The van der Waals surface area contributed by atoms with Gasteiger partial charge in [0.25, 0.3) is 0 Å². The molecule has 0 bridgehead atoms. The standard InChI is InChI=1S/C15H25N3O/c1-14(2)12(15(14,3)4)13-18-17-11(19-13)6-5-9-16-10-7-8-10/h10,12,16H,5-9H2,1-4H3. The Morgan fingerprint density at radius 3 is 2.42 bits per heavy atom. The van der Waals surface area contributed by atoms with Gasteiger partial charge in [0.15, 0.2) is 0 Å². The van der Waals surface area contributed by atoms with Crippen molar-refractivity contribution in [2.75, 3.05) is 6.54 Å². The molecular formula is C15H25N3O. The Morgan fingerprint density at radius 2 is 1.84 bits per heavy atom. The molecule has 0 spiro atoms. The Bertz CT molecular complexity index is 446. The summed E-state index contributed by atoms with van der Waals surface area (Å²) in [4.78, 5) is 0. The first-order chi connectivity index (χ1) is 8.93. The number of aromatic nitrogens is 2. The normalized spacial score (nSPS) is 24.6. The van der Waals surface area contributed by atoms with Gasteiger partial charge < -0.3 is 9.73 Å². The minimum atomic E-state index is 0.268. The van der Waals surface area contributed by atoms with Crippen LogP contribution in [0.1, 0.15) is 64.7 Å². The van der Waals surface area contributed by atoms with Gasteiger partial charge in [0.2, 0.25) is 11.8 Å². The van der Waals surface area contributed by atoms with Crippen LogP contribution in [-0.4, -0.2) is 22.8 Å². The van der Waals surface area contributed by atoms with Crippen LogP contribution in [0, 0.1) is 10.8 Å². The van der Waals surface area contributed by atoms with Crippen LogP contribution in [0.4, 0.5) is 0 Å². The second kappa shape index (κ2) is 4.30. The fraction of sp³-hybridized carbons (Fsp3) is 0.867. The molecule has 0 amide bonds. The van der Waals surface area contributed by atoms with Crippen molar-refractivity contribution < 1.29 is 4.42 Å². The highest BCUT2D eigenvalue weighted by Crippen LogP contribution is 2.73. The first-order valence-corrected chi connectivity index (χ1v) is 7.48. The molecule has 106 valence electrons. The summed E-state index contributed by atoms with van der Waals surface area (Å²) in [5.41, 5.74) is 0.536. The van der Waals surface area contributed by atoms with Crippen molar-refractivity contribution in [3.05, 3.63) is 11.8 Å². The molecule has 2 saturated carbocycles. The van der Waals surface area contributed by atoms with Crippen molar-refractivity contribution in [1.29, 1.82) is 0 Å². The van der Waals surface area contributed by atoms with E-state index in [4.69, 9.17) is 4.42 Å². The van der Waals surface area contributed by atoms with E-state index in [1.54, 1.807) is 0 Å². The molecule has 1 aromatic rings. The smallest absolute Gasteiger partial charge is 0.220 e. The molecule has 2 aliphatic rings. The Balaban J connectivity index is 1.52. The van der Waals surface area contributed by atoms with Gasteiger partial charge in [-0.1, -0.05) is 27.7 Å². The van der Waals surface area contributed by atoms with Crippen molar-refractivity contribution in [2.24, 2.45) is 10.8 Å². The van der Waals surface area contributed by atoms with E-state index in [9.17, 15) is 0 Å². The van der Waals surface area contributed by atoms with Gasteiger partial charge in [-0.3, -0.25) is 0 Å². The van der Waals surface area contributed by atoms with E-state index in [1.165, 1.54) is 12.8 Å². The van der Waals surface area contributed by atoms with Gasteiger partial charge in [0.05, 0.1) is 0 Å². The van der Waals surface area contributed by atoms with Crippen molar-refractivity contribution in [3.63, 3.8) is 0 Å². The monoisotopic (exact) mass is 263 g/mol. The van der Waals surface area contributed by atoms with Crippen LogP contribution in [0.2, 0.25) is 0 Å². The predicted molar refractivity (Wildman–Crippen MR) is 73.9 cm³/mol. The molecule has 2 aliphatic carbocycles. The maximum atomic E-state index is 5.85. The van der Waals surface area contributed by atoms with E-state index < -0.39 is 0 Å². The van der Waals surface area contributed by atoms with Crippen LogP contribution < -0.4 is 5.32 Å². The Labute approximate surface area is 115 Å². The largest absolute Gasteiger partial charge is 0.425 e. The molecule has 19 heavy (non-hydrogen) atoms. The van der Waals surface area contributed by atoms with Crippen LogP contribution in [0.15, 0.2) is 4.42 Å². The van der Waals surface area contributed by atoms with Gasteiger partial charge >= 0.3 is 0 Å². The maximum Gasteiger partial charge on any atom is 0.220 e. The third-order valence-corrected chi connectivity index (χ3v) is 5.33. The van der Waals surface area contributed by atoms with E-state index in [-0.39, 0.29) is 10.8 Å². The second-order valence-corrected chi connectivity index (χ2v) is 7.24. The molecule has 1 N–H and O–H groups in total. The van der Waals surface area contributed by atoms with Gasteiger partial charge in [0.1, 0.15) is 0 Å². The van der Waals surface area contributed by atoms with Crippen molar-refractivity contribution in [3.8, 4) is 0 Å². The van der Waals surface area contributed by atoms with Crippen LogP contribution in [-0.2, 0) is 6.42 Å². The lowest BCUT2D eigenvalue weighted by molar-refractivity contribution is 0.425. The van der Waals surface area contributed by atoms with E-state index >= 15 is 0 Å². The summed E-state index contributed by atoms with van der Waals surface area (Å²) in [6.07, 6.45) is 4.66. The fourth-order valence-corrected chi connectivity index (χ4v) is 3.13. The number of hydrogen-bond donors (Lipinski definition) is 1. The minimum absolute atomic E-state index is 0.268. The summed E-state index contributed by atoms with van der Waals surface area (Å²) in [5.74, 6) is 2.04. The van der Waals surface area contributed by atoms with Crippen molar-refractivity contribution in [1.82, 2.24) is 15.5 Å². The summed E-state index contributed by atoms with van der Waals surface area (Å²) in [6, 6.07) is 0.784. The second-order valence-electron chi connectivity index (χ2n) is 7.24. The van der Waals surface area contributed by atoms with Gasteiger partial charge in [-0.15, -0.1) is 10.2 Å². The third-order valence-electron chi connectivity index (χ3n) is 5.33. The molecule has 0 aliphatic heterocycles. The van der Waals surface area contributed by atoms with Gasteiger partial charge in [-0.05, 0) is 36.6 Å². The third kappa shape index (κ3) is 2.31. The number of nitrogens with zero attached hydrogens (tertiary/aromatic N) is 2. The molecule has 0 saturated heterocycles. The lowest BCUT2D eigenvalue weighted by atomic mass is 10.0. The van der Waals surface area contributed by atoms with E-state index in [0.29, 0.717) is 5.92 Å². The molecule has 0 aromatic carbocycles. The zero-order valence-corrected chi connectivity index (χ0v) is 12.5. The summed E-state index contributed by atoms with van der Waals surface area (Å²) >= 11 is 0. The molecule has 1 heterocycles. The Morgan fingerprint density at radius 1 is 1.16 bits per heavy atom. The topological polar surface area (TPSA) is 51.0 Å². The number of hydrogen-bond acceptors (Lipinski definition) is 4. The van der Waals surface area contributed by atoms with E-state index in [0.717, 1.165) is 37.2 Å². The average molecular weight is 263 g/mol. The lowest BCUT2D eigenvalue weighted by Crippen LogP contribution is -2.17. The zero-order chi connectivity index (χ0) is 13.7. The maximum absolute atomic E-state index is 5.85.